The number of rotatable bonds is 9. The molecule has 154 valence electrons. The highest BCUT2D eigenvalue weighted by atomic mass is 32.2. The zero-order chi connectivity index (χ0) is 20.0. The Hall–Kier alpha value is -1.74. The highest BCUT2D eigenvalue weighted by Crippen LogP contribution is 2.33. The van der Waals surface area contributed by atoms with Gasteiger partial charge in [0.2, 0.25) is 15.9 Å². The third kappa shape index (κ3) is 5.20. The van der Waals surface area contributed by atoms with Crippen LogP contribution in [0.3, 0.4) is 0 Å². The molecule has 1 aliphatic rings. The molecule has 2 aromatic rings. The van der Waals surface area contributed by atoms with Gasteiger partial charge in [0.05, 0.1) is 19.0 Å². The highest BCUT2D eigenvalue weighted by molar-refractivity contribution is 7.88. The third-order valence-corrected chi connectivity index (χ3v) is 6.47. The first kappa shape index (κ1) is 21.0. The van der Waals surface area contributed by atoms with Gasteiger partial charge in [-0.3, -0.25) is 5.32 Å². The predicted molar refractivity (Wildman–Crippen MR) is 107 cm³/mol. The first-order chi connectivity index (χ1) is 13.4. The monoisotopic (exact) mass is 407 g/mol. The summed E-state index contributed by atoms with van der Waals surface area (Å²) in [6, 6.07) is 8.23. The van der Waals surface area contributed by atoms with Crippen LogP contribution in [-0.4, -0.2) is 43.7 Å². The molecule has 1 saturated heterocycles. The lowest BCUT2D eigenvalue weighted by Crippen LogP contribution is -2.46. The minimum Gasteiger partial charge on any atom is -0.448 e. The number of oxazole rings is 1. The molecule has 7 nitrogen and oxygen atoms in total. The second-order valence-electron chi connectivity index (χ2n) is 7.27. The van der Waals surface area contributed by atoms with Gasteiger partial charge in [-0.25, -0.2) is 13.4 Å². The van der Waals surface area contributed by atoms with E-state index >= 15 is 0 Å². The van der Waals surface area contributed by atoms with Crippen molar-refractivity contribution in [2.45, 2.75) is 44.8 Å². The van der Waals surface area contributed by atoms with E-state index in [1.807, 2.05) is 19.1 Å². The zero-order valence-electron chi connectivity index (χ0n) is 16.6. The van der Waals surface area contributed by atoms with Crippen molar-refractivity contribution in [2.24, 2.45) is 0 Å². The molecule has 3 rings (SSSR count). The topological polar surface area (TPSA) is 84.7 Å². The average Bonchev–Trinajstić information content (AvgIpc) is 3.20. The minimum absolute atomic E-state index is 0.203. The largest absolute Gasteiger partial charge is 0.448 e. The van der Waals surface area contributed by atoms with Crippen molar-refractivity contribution in [3.63, 3.8) is 0 Å². The van der Waals surface area contributed by atoms with Gasteiger partial charge < -0.3 is 9.15 Å². The minimum atomic E-state index is -3.21. The molecule has 0 bridgehead atoms. The molecule has 0 spiro atoms. The van der Waals surface area contributed by atoms with Gasteiger partial charge in [0, 0.05) is 31.8 Å². The molecule has 0 aliphatic carbocycles. The van der Waals surface area contributed by atoms with Crippen LogP contribution >= 0.6 is 0 Å². The van der Waals surface area contributed by atoms with E-state index in [0.717, 1.165) is 24.8 Å². The van der Waals surface area contributed by atoms with Crippen molar-refractivity contribution in [1.82, 2.24) is 14.6 Å². The van der Waals surface area contributed by atoms with E-state index in [1.54, 1.807) is 12.5 Å². The Morgan fingerprint density at radius 3 is 2.50 bits per heavy atom. The fraction of sp³-hybridized carbons (Fsp3) is 0.550. The molecular formula is C20H29N3O4S. The first-order valence-electron chi connectivity index (χ1n) is 9.69. The van der Waals surface area contributed by atoms with E-state index in [0.29, 0.717) is 38.7 Å². The second kappa shape index (κ2) is 9.17. The van der Waals surface area contributed by atoms with Gasteiger partial charge in [-0.15, -0.1) is 0 Å². The van der Waals surface area contributed by atoms with Crippen LogP contribution in [-0.2, 0) is 33.4 Å². The molecule has 1 fully saturated rings. The van der Waals surface area contributed by atoms with Gasteiger partial charge in [-0.05, 0) is 30.4 Å². The fourth-order valence-corrected chi connectivity index (χ4v) is 4.51. The number of nitrogens with one attached hydrogen (secondary N) is 1. The van der Waals surface area contributed by atoms with Gasteiger partial charge in [-0.2, -0.15) is 4.31 Å². The van der Waals surface area contributed by atoms with Crippen LogP contribution < -0.4 is 5.32 Å². The van der Waals surface area contributed by atoms with Gasteiger partial charge >= 0.3 is 0 Å². The predicted octanol–water partition coefficient (Wildman–Crippen LogP) is 2.64. The molecule has 0 amide bonds. The molecule has 1 aromatic heterocycles. The maximum absolute atomic E-state index is 12.0. The molecule has 8 heteroatoms. The maximum Gasteiger partial charge on any atom is 0.211 e. The summed E-state index contributed by atoms with van der Waals surface area (Å²) in [4.78, 5) is 4.19. The SMILES string of the molecule is CCCN(Cc1ccc(C2(NCc3ncco3)CCOCC2)cc1)S(C)(=O)=O. The average molecular weight is 408 g/mol. The molecule has 1 aliphatic heterocycles. The van der Waals surface area contributed by atoms with Crippen molar-refractivity contribution in [1.29, 1.82) is 0 Å². The van der Waals surface area contributed by atoms with E-state index in [9.17, 15) is 8.42 Å². The summed E-state index contributed by atoms with van der Waals surface area (Å²) in [7, 11) is -3.21. The van der Waals surface area contributed by atoms with E-state index in [-0.39, 0.29) is 5.54 Å². The summed E-state index contributed by atoms with van der Waals surface area (Å²) in [6.07, 6.45) is 6.99. The molecule has 0 unspecified atom stereocenters. The number of aromatic nitrogens is 1. The van der Waals surface area contributed by atoms with Gasteiger partial charge in [0.15, 0.2) is 0 Å². The summed E-state index contributed by atoms with van der Waals surface area (Å²) >= 11 is 0. The number of sulfonamides is 1. The quantitative estimate of drug-likeness (QED) is 0.688. The Kier molecular flexibility index (Phi) is 6.87. The summed E-state index contributed by atoms with van der Waals surface area (Å²) in [5, 5.41) is 3.62. The molecule has 0 atom stereocenters. The van der Waals surface area contributed by atoms with Crippen LogP contribution in [0.2, 0.25) is 0 Å². The van der Waals surface area contributed by atoms with Crippen molar-refractivity contribution in [3.8, 4) is 0 Å². The number of hydrogen-bond donors (Lipinski definition) is 1. The van der Waals surface area contributed by atoms with Crippen molar-refractivity contribution in [2.75, 3.05) is 26.0 Å². The van der Waals surface area contributed by atoms with E-state index < -0.39 is 10.0 Å². The number of nitrogens with zero attached hydrogens (tertiary/aromatic N) is 2. The van der Waals surface area contributed by atoms with Crippen molar-refractivity contribution < 1.29 is 17.6 Å². The summed E-state index contributed by atoms with van der Waals surface area (Å²) in [5.74, 6) is 0.658. The van der Waals surface area contributed by atoms with E-state index in [1.165, 1.54) is 16.1 Å². The Morgan fingerprint density at radius 2 is 1.93 bits per heavy atom. The summed E-state index contributed by atoms with van der Waals surface area (Å²) in [5.41, 5.74) is 1.95. The van der Waals surface area contributed by atoms with Crippen LogP contribution in [0.4, 0.5) is 0 Å². The van der Waals surface area contributed by atoms with E-state index in [2.05, 4.69) is 22.4 Å². The first-order valence-corrected chi connectivity index (χ1v) is 11.5. The molecule has 0 saturated carbocycles. The molecule has 0 radical (unpaired) electrons. The molecule has 28 heavy (non-hydrogen) atoms. The highest BCUT2D eigenvalue weighted by Gasteiger charge is 2.34. The third-order valence-electron chi connectivity index (χ3n) is 5.22. The van der Waals surface area contributed by atoms with Crippen LogP contribution in [0.25, 0.3) is 0 Å². The molecule has 1 N–H and O–H groups in total. The van der Waals surface area contributed by atoms with Crippen LogP contribution in [0.5, 0.6) is 0 Å². The lowest BCUT2D eigenvalue weighted by molar-refractivity contribution is 0.0348. The van der Waals surface area contributed by atoms with E-state index in [4.69, 9.17) is 9.15 Å². The zero-order valence-corrected chi connectivity index (χ0v) is 17.4. The Bertz CT molecular complexity index is 829. The van der Waals surface area contributed by atoms with Gasteiger partial charge in [0.25, 0.3) is 0 Å². The standard InChI is InChI=1S/C20H29N3O4S/c1-3-11-23(28(2,24)25)16-17-4-6-18(7-5-17)20(8-12-26-13-9-20)22-15-19-21-10-14-27-19/h4-7,10,14,22H,3,8-9,11-13,15-16H2,1-2H3. The van der Waals surface area contributed by atoms with Gasteiger partial charge in [0.1, 0.15) is 6.26 Å². The lowest BCUT2D eigenvalue weighted by Gasteiger charge is -2.38. The van der Waals surface area contributed by atoms with Crippen LogP contribution in [0.1, 0.15) is 43.2 Å². The normalized spacial score (nSPS) is 17.1. The van der Waals surface area contributed by atoms with Crippen molar-refractivity contribution in [3.05, 3.63) is 53.7 Å². The maximum atomic E-state index is 12.0. The molecule has 1 aromatic carbocycles. The molecular weight excluding hydrogens is 378 g/mol. The smallest absolute Gasteiger partial charge is 0.211 e. The molecule has 2 heterocycles. The summed E-state index contributed by atoms with van der Waals surface area (Å²) in [6.45, 7) is 4.84. The number of ether oxygens (including phenoxy) is 1. The van der Waals surface area contributed by atoms with Crippen molar-refractivity contribution >= 4 is 10.0 Å². The van der Waals surface area contributed by atoms with Crippen LogP contribution in [0, 0.1) is 0 Å². The summed E-state index contributed by atoms with van der Waals surface area (Å²) < 4.78 is 36.4. The van der Waals surface area contributed by atoms with Gasteiger partial charge in [-0.1, -0.05) is 31.2 Å². The van der Waals surface area contributed by atoms with Crippen LogP contribution in [0.15, 0.2) is 41.1 Å². The fourth-order valence-electron chi connectivity index (χ4n) is 3.62. The lowest BCUT2D eigenvalue weighted by atomic mass is 9.82. The number of benzene rings is 1. The Balaban J connectivity index is 1.76. The Labute approximate surface area is 167 Å². The Morgan fingerprint density at radius 1 is 1.21 bits per heavy atom. The number of hydrogen-bond acceptors (Lipinski definition) is 6. The second-order valence-corrected chi connectivity index (χ2v) is 9.25.